The van der Waals surface area contributed by atoms with Crippen molar-refractivity contribution in [3.05, 3.63) is 12.2 Å². The van der Waals surface area contributed by atoms with E-state index in [2.05, 4.69) is 19.1 Å². The minimum atomic E-state index is -1.76. The van der Waals surface area contributed by atoms with Crippen LogP contribution < -0.4 is 0 Å². The SMILES string of the molecule is CCCCCCCC/C=C\CCCCCCCCC(OCC(C)C)(C(=O)COCC(C)C)C(=O)[O][Al]=[O]. The zero-order valence-electron chi connectivity index (χ0n) is 24.6. The summed E-state index contributed by atoms with van der Waals surface area (Å²) in [7, 11) is 0. The molecule has 0 rings (SSSR count). The molecular weight excluding hydrogens is 483 g/mol. The second kappa shape index (κ2) is 24.2. The van der Waals surface area contributed by atoms with Crippen molar-refractivity contribution >= 4 is 27.2 Å². The van der Waals surface area contributed by atoms with Gasteiger partial charge in [-0.25, -0.2) is 0 Å². The van der Waals surface area contributed by atoms with Crippen LogP contribution in [0.1, 0.15) is 131 Å². The van der Waals surface area contributed by atoms with E-state index in [1.807, 2.05) is 27.7 Å². The first-order chi connectivity index (χ1) is 17.8. The van der Waals surface area contributed by atoms with Crippen molar-refractivity contribution in [2.24, 2.45) is 11.8 Å². The first-order valence-corrected chi connectivity index (χ1v) is 15.8. The van der Waals surface area contributed by atoms with Crippen molar-refractivity contribution in [3.8, 4) is 0 Å². The molecule has 0 N–H and O–H groups in total. The van der Waals surface area contributed by atoms with Gasteiger partial charge in [0.1, 0.15) is 0 Å². The molecule has 0 aromatic carbocycles. The van der Waals surface area contributed by atoms with Gasteiger partial charge in [-0.05, 0) is 12.8 Å². The summed E-state index contributed by atoms with van der Waals surface area (Å²) in [6.45, 7) is 10.6. The number of hydrogen-bond acceptors (Lipinski definition) is 6. The van der Waals surface area contributed by atoms with Gasteiger partial charge < -0.3 is 0 Å². The van der Waals surface area contributed by atoms with Crippen LogP contribution in [0.25, 0.3) is 0 Å². The molecule has 214 valence electrons. The third-order valence-electron chi connectivity index (χ3n) is 6.32. The molecule has 0 aromatic heterocycles. The average molecular weight is 539 g/mol. The number of hydrogen-bond donors (Lipinski definition) is 0. The molecule has 0 amide bonds. The van der Waals surface area contributed by atoms with E-state index in [9.17, 15) is 13.4 Å². The van der Waals surface area contributed by atoms with E-state index >= 15 is 0 Å². The average Bonchev–Trinajstić information content (AvgIpc) is 2.85. The van der Waals surface area contributed by atoms with Gasteiger partial charge in [-0.2, -0.15) is 0 Å². The Kier molecular flexibility index (Phi) is 23.6. The maximum absolute atomic E-state index is 13.1. The van der Waals surface area contributed by atoms with Crippen LogP contribution in [-0.2, 0) is 26.7 Å². The fraction of sp³-hybridized carbons (Fsp3) is 0.867. The molecule has 0 radical (unpaired) electrons. The quantitative estimate of drug-likeness (QED) is 0.0489. The van der Waals surface area contributed by atoms with Crippen LogP contribution in [0.3, 0.4) is 0 Å². The molecule has 0 fully saturated rings. The molecule has 1 unspecified atom stereocenters. The summed E-state index contributed by atoms with van der Waals surface area (Å²) >= 11 is -1.76. The molecule has 7 heteroatoms. The fourth-order valence-electron chi connectivity index (χ4n) is 4.14. The van der Waals surface area contributed by atoms with Gasteiger partial charge in [0.15, 0.2) is 0 Å². The number of Topliss-reactive ketones (excluding diaryl/α,β-unsaturated/α-hetero) is 1. The molecule has 37 heavy (non-hydrogen) atoms. The molecule has 0 spiro atoms. The molecule has 0 aromatic rings. The van der Waals surface area contributed by atoms with E-state index in [0.29, 0.717) is 13.0 Å². The molecule has 6 nitrogen and oxygen atoms in total. The Hall–Kier alpha value is -0.868. The van der Waals surface area contributed by atoms with Crippen LogP contribution in [0.15, 0.2) is 12.2 Å². The molecule has 0 aliphatic heterocycles. The molecule has 0 aliphatic carbocycles. The molecule has 1 atom stereocenters. The number of ether oxygens (including phenoxy) is 2. The molecule has 0 heterocycles. The molecule has 0 aliphatic rings. The predicted molar refractivity (Wildman–Crippen MR) is 151 cm³/mol. The zero-order chi connectivity index (χ0) is 27.8. The number of carbonyl (C=O) groups excluding carboxylic acids is 2. The molecule has 0 saturated carbocycles. The summed E-state index contributed by atoms with van der Waals surface area (Å²) in [6, 6.07) is 0. The summed E-state index contributed by atoms with van der Waals surface area (Å²) < 4.78 is 27.4. The van der Waals surface area contributed by atoms with Gasteiger partial charge in [-0.3, -0.25) is 0 Å². The fourth-order valence-corrected chi connectivity index (χ4v) is 4.42. The predicted octanol–water partition coefficient (Wildman–Crippen LogP) is 7.58. The second-order valence-electron chi connectivity index (χ2n) is 11.1. The van der Waals surface area contributed by atoms with E-state index in [0.717, 1.165) is 25.7 Å². The Labute approximate surface area is 233 Å². The number of allylic oxidation sites excluding steroid dienone is 2. The Morgan fingerprint density at radius 3 is 1.78 bits per heavy atom. The van der Waals surface area contributed by atoms with Crippen molar-refractivity contribution in [2.45, 2.75) is 137 Å². The van der Waals surface area contributed by atoms with Crippen molar-refractivity contribution < 1.29 is 26.7 Å². The zero-order valence-corrected chi connectivity index (χ0v) is 25.7. The van der Waals surface area contributed by atoms with Crippen LogP contribution in [0, 0.1) is 11.8 Å². The topological polar surface area (TPSA) is 78.9 Å². The Bertz CT molecular complexity index is 619. The Balaban J connectivity index is 4.45. The van der Waals surface area contributed by atoms with Crippen LogP contribution >= 0.6 is 0 Å². The Morgan fingerprint density at radius 1 is 0.757 bits per heavy atom. The summed E-state index contributed by atoms with van der Waals surface area (Å²) in [5.41, 5.74) is -1.74. The first kappa shape index (κ1) is 36.1. The van der Waals surface area contributed by atoms with E-state index < -0.39 is 32.8 Å². The molecule has 0 bridgehead atoms. The van der Waals surface area contributed by atoms with E-state index in [4.69, 9.17) is 13.3 Å². The van der Waals surface area contributed by atoms with Gasteiger partial charge in [0.25, 0.3) is 0 Å². The van der Waals surface area contributed by atoms with Crippen LogP contribution in [0.2, 0.25) is 0 Å². The summed E-state index contributed by atoms with van der Waals surface area (Å²) in [6.07, 6.45) is 21.4. The Morgan fingerprint density at radius 2 is 1.27 bits per heavy atom. The maximum atomic E-state index is 13.1. The minimum absolute atomic E-state index is 0.135. The molecular formula is C30H55AlO6. The number of ketones is 1. The van der Waals surface area contributed by atoms with Crippen molar-refractivity contribution in [3.63, 3.8) is 0 Å². The van der Waals surface area contributed by atoms with Crippen molar-refractivity contribution in [1.29, 1.82) is 0 Å². The van der Waals surface area contributed by atoms with E-state index in [-0.39, 0.29) is 31.5 Å². The third kappa shape index (κ3) is 18.9. The summed E-state index contributed by atoms with van der Waals surface area (Å²) in [5.74, 6) is -0.882. The van der Waals surface area contributed by atoms with Crippen LogP contribution in [0.4, 0.5) is 0 Å². The van der Waals surface area contributed by atoms with Crippen molar-refractivity contribution in [2.75, 3.05) is 19.8 Å². The van der Waals surface area contributed by atoms with E-state index in [1.165, 1.54) is 57.8 Å². The van der Waals surface area contributed by atoms with Crippen LogP contribution in [-0.4, -0.2) is 52.7 Å². The van der Waals surface area contributed by atoms with Gasteiger partial charge in [-0.15, -0.1) is 0 Å². The monoisotopic (exact) mass is 538 g/mol. The van der Waals surface area contributed by atoms with Gasteiger partial charge in [0, 0.05) is 0 Å². The van der Waals surface area contributed by atoms with Gasteiger partial charge in [0.2, 0.25) is 0 Å². The standard InChI is InChI=1S/C30H56O5.Al.O/c1-6-7-8-9-10-11-12-13-14-15-16-17-18-19-20-21-22-30(29(32)33,35-24-27(4)5)28(31)25-34-23-26(2)3;;/h13-14,26-27H,6-12,15-25H2,1-5H3,(H,32,33);;/q;+1;/p-1/b14-13-;;. The van der Waals surface area contributed by atoms with Crippen LogP contribution in [0.5, 0.6) is 0 Å². The summed E-state index contributed by atoms with van der Waals surface area (Å²) in [5, 5.41) is 0. The number of rotatable bonds is 26. The number of unbranched alkanes of at least 4 members (excludes halogenated alkanes) is 12. The van der Waals surface area contributed by atoms with Gasteiger partial charge >= 0.3 is 176 Å². The van der Waals surface area contributed by atoms with Gasteiger partial charge in [-0.1, -0.05) is 45.1 Å². The summed E-state index contributed by atoms with van der Waals surface area (Å²) in [4.78, 5) is 25.9. The second-order valence-corrected chi connectivity index (χ2v) is 11.5. The normalized spacial score (nSPS) is 13.3. The number of carbonyl (C=O) groups is 2. The third-order valence-corrected chi connectivity index (χ3v) is 6.63. The van der Waals surface area contributed by atoms with Gasteiger partial charge in [0.05, 0.1) is 0 Å². The van der Waals surface area contributed by atoms with E-state index in [1.54, 1.807) is 0 Å². The van der Waals surface area contributed by atoms with Crippen molar-refractivity contribution in [1.82, 2.24) is 0 Å². The first-order valence-electron chi connectivity index (χ1n) is 14.8. The molecule has 0 saturated heterocycles.